The molecule has 12 heteroatoms. The van der Waals surface area contributed by atoms with E-state index in [1.54, 1.807) is 110 Å². The van der Waals surface area contributed by atoms with Crippen molar-refractivity contribution in [3.63, 3.8) is 0 Å². The second-order valence-corrected chi connectivity index (χ2v) is 13.0. The van der Waals surface area contributed by atoms with Crippen molar-refractivity contribution in [2.45, 2.75) is 11.8 Å². The molecule has 0 radical (unpaired) electrons. The third kappa shape index (κ3) is 9.46. The lowest BCUT2D eigenvalue weighted by atomic mass is 10.1. The number of thiophene rings is 1. The average Bonchev–Trinajstić information content (AvgIpc) is 3.42. The maximum atomic E-state index is 13.4. The molecule has 0 atom stereocenters. The molecule has 244 valence electrons. The number of para-hydroxylation sites is 1. The summed E-state index contributed by atoms with van der Waals surface area (Å²) in [6.45, 7) is 1.67. The molecule has 9 nitrogen and oxygen atoms in total. The third-order valence-corrected chi connectivity index (χ3v) is 9.33. The summed E-state index contributed by atoms with van der Waals surface area (Å²) in [5.74, 6) is -1.76. The second kappa shape index (κ2) is 16.4. The summed E-state index contributed by atoms with van der Waals surface area (Å²) < 4.78 is 0. The topological polar surface area (TPSA) is 140 Å². The maximum absolute atomic E-state index is 13.4. The van der Waals surface area contributed by atoms with Gasteiger partial charge in [-0.1, -0.05) is 66.2 Å². The van der Waals surface area contributed by atoms with Crippen LogP contribution in [0.4, 0.5) is 16.4 Å². The van der Waals surface area contributed by atoms with E-state index in [2.05, 4.69) is 27.3 Å². The van der Waals surface area contributed by atoms with Gasteiger partial charge in [0.2, 0.25) is 5.91 Å². The Balaban J connectivity index is 1.24. The molecule has 0 aliphatic carbocycles. The average molecular weight is 706 g/mol. The normalized spacial score (nSPS) is 10.8. The summed E-state index contributed by atoms with van der Waals surface area (Å²) in [6.07, 6.45) is 1.53. The molecule has 49 heavy (non-hydrogen) atoms. The molecule has 1 aromatic heterocycles. The Morgan fingerprint density at radius 3 is 2.22 bits per heavy atom. The number of thioether (sulfide) groups is 1. The molecule has 4 aromatic carbocycles. The van der Waals surface area contributed by atoms with Crippen molar-refractivity contribution in [3.05, 3.63) is 147 Å². The first-order valence-corrected chi connectivity index (χ1v) is 17.0. The molecular weight excluding hydrogens is 678 g/mol. The number of halogens is 1. The lowest BCUT2D eigenvalue weighted by molar-refractivity contribution is -0.114. The number of nitrogens with zero attached hydrogens (tertiary/aromatic N) is 1. The molecule has 0 bridgehead atoms. The summed E-state index contributed by atoms with van der Waals surface area (Å²) in [6, 6.07) is 33.3. The predicted octanol–water partition coefficient (Wildman–Crippen LogP) is 7.97. The van der Waals surface area contributed by atoms with Crippen LogP contribution in [0.15, 0.2) is 120 Å². The highest BCUT2D eigenvalue weighted by Crippen LogP contribution is 2.33. The summed E-state index contributed by atoms with van der Waals surface area (Å²) in [7, 11) is 0. The summed E-state index contributed by atoms with van der Waals surface area (Å²) >= 11 is 8.40. The summed E-state index contributed by atoms with van der Waals surface area (Å²) in [5.41, 5.74) is 2.77. The van der Waals surface area contributed by atoms with Crippen LogP contribution in [0.5, 0.6) is 0 Å². The minimum Gasteiger partial charge on any atom is -0.321 e. The number of carbonyl (C=O) groups is 4. The highest BCUT2D eigenvalue weighted by molar-refractivity contribution is 8.00. The van der Waals surface area contributed by atoms with Gasteiger partial charge in [-0.3, -0.25) is 19.2 Å². The monoisotopic (exact) mass is 705 g/mol. The molecule has 5 aromatic rings. The fraction of sp³-hybridized carbons (Fsp3) is 0.0541. The quantitative estimate of drug-likeness (QED) is 0.0812. The van der Waals surface area contributed by atoms with E-state index in [1.807, 2.05) is 6.07 Å². The van der Waals surface area contributed by atoms with Gasteiger partial charge in [0, 0.05) is 26.9 Å². The van der Waals surface area contributed by atoms with Gasteiger partial charge in [-0.25, -0.2) is 0 Å². The van der Waals surface area contributed by atoms with Crippen molar-refractivity contribution < 1.29 is 19.2 Å². The SMILES string of the molecule is Cc1c(C(=O)Nc2ccccc2)sc(NC(=O)CSc2cccc(NC(=O)/C(=C/c3cccc(Cl)c3)NC(=O)c3ccccc3)c2)c1C#N. The van der Waals surface area contributed by atoms with Crippen LogP contribution in [0.3, 0.4) is 0 Å². The van der Waals surface area contributed by atoms with E-state index in [0.717, 1.165) is 11.3 Å². The fourth-order valence-corrected chi connectivity index (χ4v) is 6.56. The number of anilines is 3. The van der Waals surface area contributed by atoms with Gasteiger partial charge in [-0.15, -0.1) is 23.1 Å². The Morgan fingerprint density at radius 2 is 1.51 bits per heavy atom. The molecule has 5 rings (SSSR count). The molecule has 1 heterocycles. The number of rotatable bonds is 11. The molecule has 4 amide bonds. The zero-order valence-corrected chi connectivity index (χ0v) is 28.3. The van der Waals surface area contributed by atoms with Crippen LogP contribution in [-0.2, 0) is 9.59 Å². The van der Waals surface area contributed by atoms with Crippen molar-refractivity contribution in [1.29, 1.82) is 5.26 Å². The van der Waals surface area contributed by atoms with E-state index in [-0.39, 0.29) is 28.8 Å². The first-order valence-electron chi connectivity index (χ1n) is 14.8. The first kappa shape index (κ1) is 34.7. The Labute approximate surface area is 296 Å². The van der Waals surface area contributed by atoms with Gasteiger partial charge >= 0.3 is 0 Å². The van der Waals surface area contributed by atoms with Crippen molar-refractivity contribution in [1.82, 2.24) is 5.32 Å². The van der Waals surface area contributed by atoms with Crippen LogP contribution < -0.4 is 21.3 Å². The van der Waals surface area contributed by atoms with E-state index in [1.165, 1.54) is 17.8 Å². The first-order chi connectivity index (χ1) is 23.7. The van der Waals surface area contributed by atoms with Gasteiger partial charge in [0.05, 0.1) is 16.2 Å². The molecule has 0 saturated heterocycles. The molecule has 0 aliphatic heterocycles. The van der Waals surface area contributed by atoms with Crippen LogP contribution in [-0.4, -0.2) is 29.4 Å². The predicted molar refractivity (Wildman–Crippen MR) is 196 cm³/mol. The van der Waals surface area contributed by atoms with Gasteiger partial charge in [-0.05, 0) is 78.7 Å². The summed E-state index contributed by atoms with van der Waals surface area (Å²) in [5, 5.41) is 21.6. The van der Waals surface area contributed by atoms with Gasteiger partial charge in [0.1, 0.15) is 16.8 Å². The van der Waals surface area contributed by atoms with E-state index in [4.69, 9.17) is 11.6 Å². The zero-order valence-electron chi connectivity index (χ0n) is 26.0. The highest BCUT2D eigenvalue weighted by atomic mass is 35.5. The molecule has 0 unspecified atom stereocenters. The third-order valence-electron chi connectivity index (χ3n) is 6.90. The van der Waals surface area contributed by atoms with Gasteiger partial charge in [0.15, 0.2) is 0 Å². The van der Waals surface area contributed by atoms with Crippen molar-refractivity contribution in [2.24, 2.45) is 0 Å². The van der Waals surface area contributed by atoms with E-state index < -0.39 is 11.8 Å². The van der Waals surface area contributed by atoms with Gasteiger partial charge in [0.25, 0.3) is 17.7 Å². The Morgan fingerprint density at radius 1 is 0.816 bits per heavy atom. The van der Waals surface area contributed by atoms with Crippen molar-refractivity contribution >= 4 is 80.8 Å². The number of hydrogen-bond acceptors (Lipinski definition) is 7. The Hall–Kier alpha value is -5.67. The van der Waals surface area contributed by atoms with Gasteiger partial charge in [-0.2, -0.15) is 5.26 Å². The smallest absolute Gasteiger partial charge is 0.272 e. The second-order valence-electron chi connectivity index (χ2n) is 10.4. The highest BCUT2D eigenvalue weighted by Gasteiger charge is 2.22. The van der Waals surface area contributed by atoms with Crippen molar-refractivity contribution in [2.75, 3.05) is 21.7 Å². The molecule has 0 aliphatic rings. The lowest BCUT2D eigenvalue weighted by Crippen LogP contribution is -2.30. The largest absolute Gasteiger partial charge is 0.321 e. The van der Waals surface area contributed by atoms with Crippen LogP contribution in [0, 0.1) is 18.3 Å². The minimum atomic E-state index is -0.562. The van der Waals surface area contributed by atoms with Crippen molar-refractivity contribution in [3.8, 4) is 6.07 Å². The molecule has 0 spiro atoms. The number of amides is 4. The molecule has 4 N–H and O–H groups in total. The van der Waals surface area contributed by atoms with Crippen LogP contribution in [0.2, 0.25) is 5.02 Å². The number of benzene rings is 4. The maximum Gasteiger partial charge on any atom is 0.272 e. The summed E-state index contributed by atoms with van der Waals surface area (Å²) in [4.78, 5) is 53.2. The van der Waals surface area contributed by atoms with Gasteiger partial charge < -0.3 is 21.3 Å². The zero-order chi connectivity index (χ0) is 34.8. The molecular formula is C37H28ClN5O4S2. The lowest BCUT2D eigenvalue weighted by Gasteiger charge is -2.12. The molecule has 0 fully saturated rings. The van der Waals surface area contributed by atoms with Crippen LogP contribution in [0.25, 0.3) is 6.08 Å². The molecule has 0 saturated carbocycles. The van der Waals surface area contributed by atoms with Crippen LogP contribution >= 0.6 is 34.7 Å². The number of nitrogens with one attached hydrogen (secondary N) is 4. The Kier molecular flexibility index (Phi) is 11.6. The van der Waals surface area contributed by atoms with Crippen LogP contribution in [0.1, 0.15) is 36.7 Å². The standard InChI is InChI=1S/C37H28ClN5O4S2/c1-23-30(21-39)37(49-33(23)36(47)40-27-14-6-3-7-15-27)43-32(44)22-48-29-17-9-16-28(20-29)41-35(46)31(19-24-10-8-13-26(38)18-24)42-34(45)25-11-4-2-5-12-25/h2-20H,22H2,1H3,(H,40,47)(H,41,46)(H,42,45)(H,43,44)/b31-19-. The fourth-order valence-electron chi connectivity index (χ4n) is 4.54. The number of nitriles is 1. The minimum absolute atomic E-state index is 0.00217. The number of hydrogen-bond donors (Lipinski definition) is 4. The van der Waals surface area contributed by atoms with E-state index in [9.17, 15) is 24.4 Å². The Bertz CT molecular complexity index is 2090. The van der Waals surface area contributed by atoms with E-state index in [0.29, 0.717) is 47.9 Å². The number of carbonyl (C=O) groups excluding carboxylic acids is 4. The van der Waals surface area contributed by atoms with E-state index >= 15 is 0 Å².